The van der Waals surface area contributed by atoms with Crippen molar-refractivity contribution in [2.24, 2.45) is 0 Å². The summed E-state index contributed by atoms with van der Waals surface area (Å²) < 4.78 is 1.53. The molecule has 3 heteroatoms. The van der Waals surface area contributed by atoms with E-state index in [1.807, 2.05) is 12.1 Å². The maximum absolute atomic E-state index is 3.92. The Hall–Kier alpha value is -1.38. The Morgan fingerprint density at radius 2 is 2.56 bits per heavy atom. The molecule has 0 aliphatic rings. The van der Waals surface area contributed by atoms with Crippen molar-refractivity contribution in [1.29, 1.82) is 0 Å². The highest BCUT2D eigenvalue weighted by atomic mass is 15.4. The first-order valence-corrected chi connectivity index (χ1v) is 2.64. The van der Waals surface area contributed by atoms with Crippen LogP contribution in [0.3, 0.4) is 0 Å². The van der Waals surface area contributed by atoms with Gasteiger partial charge in [-0.3, -0.25) is 0 Å². The second-order valence-electron chi connectivity index (χ2n) is 1.71. The second-order valence-corrected chi connectivity index (χ2v) is 1.71. The van der Waals surface area contributed by atoms with E-state index in [0.717, 1.165) is 5.52 Å². The van der Waals surface area contributed by atoms with Crippen molar-refractivity contribution in [3.05, 3.63) is 30.6 Å². The quantitative estimate of drug-likeness (QED) is 0.505. The van der Waals surface area contributed by atoms with Gasteiger partial charge in [0.2, 0.25) is 0 Å². The molecule has 0 fully saturated rings. The summed E-state index contributed by atoms with van der Waals surface area (Å²) >= 11 is 0. The van der Waals surface area contributed by atoms with Gasteiger partial charge in [-0.25, -0.2) is 0 Å². The molecule has 0 atom stereocenters. The smallest absolute Gasteiger partial charge is 0.115 e. The Kier molecular flexibility index (Phi) is 0.773. The molecule has 3 nitrogen and oxygen atoms in total. The summed E-state index contributed by atoms with van der Waals surface area (Å²) in [6.45, 7) is 0. The lowest BCUT2D eigenvalue weighted by atomic mass is 10.5. The van der Waals surface area contributed by atoms with Gasteiger partial charge in [0.05, 0.1) is 5.52 Å². The van der Waals surface area contributed by atoms with E-state index < -0.39 is 0 Å². The Balaban J connectivity index is 2.95. The summed E-state index contributed by atoms with van der Waals surface area (Å²) in [4.78, 5) is 0. The number of aromatic nitrogens is 3. The zero-order valence-electron chi connectivity index (χ0n) is 4.65. The van der Waals surface area contributed by atoms with Crippen molar-refractivity contribution in [3.63, 3.8) is 0 Å². The zero-order valence-corrected chi connectivity index (χ0v) is 4.65. The molecule has 1 radical (unpaired) electrons. The van der Waals surface area contributed by atoms with Gasteiger partial charge in [-0.1, -0.05) is 0 Å². The first-order valence-electron chi connectivity index (χ1n) is 2.64. The van der Waals surface area contributed by atoms with E-state index in [0.29, 0.717) is 0 Å². The van der Waals surface area contributed by atoms with Crippen molar-refractivity contribution >= 4 is 5.52 Å². The third kappa shape index (κ3) is 0.579. The third-order valence-corrected chi connectivity index (χ3v) is 1.12. The minimum Gasteiger partial charge on any atom is -0.159 e. The number of nitrogens with zero attached hydrogens (tertiary/aromatic N) is 3. The Bertz CT molecular complexity index is 282. The van der Waals surface area contributed by atoms with Gasteiger partial charge in [-0.15, -0.1) is 5.10 Å². The first-order chi connectivity index (χ1) is 4.47. The molecule has 2 heterocycles. The minimum absolute atomic E-state index is 0.970. The van der Waals surface area contributed by atoms with Gasteiger partial charge in [-0.2, -0.15) is 9.73 Å². The molecule has 0 saturated carbocycles. The largest absolute Gasteiger partial charge is 0.159 e. The second kappa shape index (κ2) is 1.55. The molecule has 2 aromatic rings. The van der Waals surface area contributed by atoms with Gasteiger partial charge in [-0.05, 0) is 18.2 Å². The van der Waals surface area contributed by atoms with E-state index in [9.17, 15) is 0 Å². The van der Waals surface area contributed by atoms with Crippen LogP contribution in [0.5, 0.6) is 0 Å². The van der Waals surface area contributed by atoms with E-state index in [1.54, 1.807) is 12.3 Å². The fraction of sp³-hybridized carbons (Fsp3) is 0. The van der Waals surface area contributed by atoms with Crippen LogP contribution in [0.15, 0.2) is 24.4 Å². The van der Waals surface area contributed by atoms with Crippen molar-refractivity contribution in [3.8, 4) is 0 Å². The van der Waals surface area contributed by atoms with Crippen LogP contribution in [-0.4, -0.2) is 14.8 Å². The van der Waals surface area contributed by atoms with Crippen LogP contribution in [0.2, 0.25) is 0 Å². The van der Waals surface area contributed by atoms with Crippen molar-refractivity contribution < 1.29 is 0 Å². The molecule has 2 aromatic heterocycles. The van der Waals surface area contributed by atoms with Crippen LogP contribution in [0.25, 0.3) is 5.52 Å². The fourth-order valence-electron chi connectivity index (χ4n) is 0.716. The van der Waals surface area contributed by atoms with Gasteiger partial charge in [0, 0.05) is 6.20 Å². The van der Waals surface area contributed by atoms with Crippen LogP contribution < -0.4 is 0 Å². The van der Waals surface area contributed by atoms with Crippen molar-refractivity contribution in [1.82, 2.24) is 14.8 Å². The molecule has 0 N–H and O–H groups in total. The van der Waals surface area contributed by atoms with E-state index in [1.165, 1.54) is 4.63 Å². The lowest BCUT2D eigenvalue weighted by Gasteiger charge is -1.85. The Morgan fingerprint density at radius 1 is 1.56 bits per heavy atom. The summed E-state index contributed by atoms with van der Waals surface area (Å²) in [5.74, 6) is 0. The SMILES string of the molecule is [c]1cc2cccnn2n1. The van der Waals surface area contributed by atoms with Crippen LogP contribution in [-0.2, 0) is 0 Å². The summed E-state index contributed by atoms with van der Waals surface area (Å²) in [6.07, 6.45) is 4.38. The zero-order chi connectivity index (χ0) is 6.10. The van der Waals surface area contributed by atoms with Gasteiger partial charge < -0.3 is 0 Å². The molecule has 0 aliphatic carbocycles. The standard InChI is InChI=1S/C6H4N3/c1-2-6-3-5-8-9(6)7-4-1/h1-4H. The van der Waals surface area contributed by atoms with Crippen LogP contribution in [0, 0.1) is 6.20 Å². The average molecular weight is 118 g/mol. The molecule has 43 valence electrons. The molecule has 2 rings (SSSR count). The Labute approximate surface area is 51.9 Å². The topological polar surface area (TPSA) is 30.2 Å². The average Bonchev–Trinajstić information content (AvgIpc) is 2.33. The maximum Gasteiger partial charge on any atom is 0.115 e. The van der Waals surface area contributed by atoms with Gasteiger partial charge >= 0.3 is 0 Å². The van der Waals surface area contributed by atoms with Gasteiger partial charge in [0.1, 0.15) is 6.20 Å². The number of hydrogen-bond acceptors (Lipinski definition) is 2. The summed E-state index contributed by atoms with van der Waals surface area (Å²) in [5, 5.41) is 7.71. The maximum atomic E-state index is 3.92. The number of fused-ring (bicyclic) bond motifs is 1. The van der Waals surface area contributed by atoms with Crippen molar-refractivity contribution in [2.75, 3.05) is 0 Å². The predicted molar refractivity (Wildman–Crippen MR) is 31.8 cm³/mol. The van der Waals surface area contributed by atoms with Crippen LogP contribution in [0.4, 0.5) is 0 Å². The normalized spacial score (nSPS) is 10.2. The minimum atomic E-state index is 0.970. The number of hydrogen-bond donors (Lipinski definition) is 0. The molecule has 0 aliphatic heterocycles. The van der Waals surface area contributed by atoms with Gasteiger partial charge in [0.15, 0.2) is 0 Å². The summed E-state index contributed by atoms with van der Waals surface area (Å²) in [5.41, 5.74) is 0.970. The molecular weight excluding hydrogens is 114 g/mol. The molecule has 0 saturated heterocycles. The first kappa shape index (κ1) is 4.49. The lowest BCUT2D eigenvalue weighted by molar-refractivity contribution is 0.797. The highest BCUT2D eigenvalue weighted by Gasteiger charge is 1.87. The van der Waals surface area contributed by atoms with Crippen LogP contribution >= 0.6 is 0 Å². The lowest BCUT2D eigenvalue weighted by Crippen LogP contribution is -1.89. The van der Waals surface area contributed by atoms with E-state index in [-0.39, 0.29) is 0 Å². The molecular formula is C6H4N3. The molecule has 0 unspecified atom stereocenters. The Morgan fingerprint density at radius 3 is 3.44 bits per heavy atom. The molecule has 9 heavy (non-hydrogen) atoms. The number of rotatable bonds is 0. The molecule has 0 aromatic carbocycles. The van der Waals surface area contributed by atoms with Crippen LogP contribution in [0.1, 0.15) is 0 Å². The van der Waals surface area contributed by atoms with Crippen molar-refractivity contribution in [2.45, 2.75) is 0 Å². The third-order valence-electron chi connectivity index (χ3n) is 1.12. The molecule has 0 bridgehead atoms. The molecule has 0 amide bonds. The van der Waals surface area contributed by atoms with E-state index in [4.69, 9.17) is 0 Å². The fourth-order valence-corrected chi connectivity index (χ4v) is 0.716. The predicted octanol–water partition coefficient (Wildman–Crippen LogP) is 0.529. The van der Waals surface area contributed by atoms with E-state index in [2.05, 4.69) is 16.4 Å². The highest BCUT2D eigenvalue weighted by molar-refractivity contribution is 5.42. The highest BCUT2D eigenvalue weighted by Crippen LogP contribution is 1.94. The summed E-state index contributed by atoms with van der Waals surface area (Å²) in [7, 11) is 0. The van der Waals surface area contributed by atoms with E-state index >= 15 is 0 Å². The van der Waals surface area contributed by atoms with Gasteiger partial charge in [0.25, 0.3) is 0 Å². The monoisotopic (exact) mass is 118 g/mol. The summed E-state index contributed by atoms with van der Waals surface area (Å²) in [6, 6.07) is 5.58. The molecule has 0 spiro atoms.